The van der Waals surface area contributed by atoms with E-state index in [0.29, 0.717) is 17.0 Å². The van der Waals surface area contributed by atoms with Crippen molar-refractivity contribution in [2.24, 2.45) is 7.05 Å². The van der Waals surface area contributed by atoms with Crippen molar-refractivity contribution in [3.05, 3.63) is 59.5 Å². The number of piperidine rings is 1. The molecular formula is C19H19N5O. The minimum atomic E-state index is 0.0426. The molecule has 0 bridgehead atoms. The van der Waals surface area contributed by atoms with Crippen LogP contribution >= 0.6 is 0 Å². The molecule has 6 nitrogen and oxygen atoms in total. The van der Waals surface area contributed by atoms with Gasteiger partial charge in [0.15, 0.2) is 0 Å². The number of benzene rings is 1. The minimum absolute atomic E-state index is 0.0426. The largest absolute Gasteiger partial charge is 0.338 e. The molecule has 1 aromatic carbocycles. The molecule has 1 fully saturated rings. The van der Waals surface area contributed by atoms with Gasteiger partial charge in [-0.15, -0.1) is 0 Å². The Balaban J connectivity index is 1.49. The van der Waals surface area contributed by atoms with E-state index in [0.717, 1.165) is 31.6 Å². The summed E-state index contributed by atoms with van der Waals surface area (Å²) in [6.45, 7) is 1.45. The predicted molar refractivity (Wildman–Crippen MR) is 93.2 cm³/mol. The summed E-state index contributed by atoms with van der Waals surface area (Å²) in [6, 6.07) is 10.0. The van der Waals surface area contributed by atoms with E-state index in [4.69, 9.17) is 5.26 Å². The van der Waals surface area contributed by atoms with Gasteiger partial charge in [0.1, 0.15) is 11.2 Å². The van der Waals surface area contributed by atoms with Gasteiger partial charge in [-0.05, 0) is 36.5 Å². The van der Waals surface area contributed by atoms with Crippen molar-refractivity contribution in [3.8, 4) is 6.07 Å². The lowest BCUT2D eigenvalue weighted by Gasteiger charge is -2.32. The van der Waals surface area contributed by atoms with E-state index in [1.54, 1.807) is 10.7 Å². The Labute approximate surface area is 145 Å². The SMILES string of the molecule is Cn1ccn2ncc(C(=O)N3CCC(c4cccc(C#N)c4)CC3)c12. The standard InChI is InChI=1S/C19H19N5O/c1-22-9-10-24-18(22)17(13-21-24)19(25)23-7-5-15(6-8-23)16-4-2-3-14(11-16)12-20/h2-4,9-11,13,15H,5-8H2,1H3. The van der Waals surface area contributed by atoms with Crippen molar-refractivity contribution in [2.45, 2.75) is 18.8 Å². The number of aromatic nitrogens is 3. The molecule has 0 atom stereocenters. The van der Waals surface area contributed by atoms with Crippen LogP contribution in [-0.2, 0) is 7.05 Å². The van der Waals surface area contributed by atoms with Crippen LogP contribution in [0.15, 0.2) is 42.9 Å². The third-order valence-corrected chi connectivity index (χ3v) is 5.03. The summed E-state index contributed by atoms with van der Waals surface area (Å²) in [4.78, 5) is 14.8. The van der Waals surface area contributed by atoms with E-state index >= 15 is 0 Å². The Morgan fingerprint density at radius 2 is 2.08 bits per heavy atom. The normalized spacial score (nSPS) is 15.4. The molecule has 4 rings (SSSR count). The van der Waals surface area contributed by atoms with Crippen LogP contribution in [-0.4, -0.2) is 38.1 Å². The highest BCUT2D eigenvalue weighted by molar-refractivity contribution is 5.99. The number of hydrogen-bond donors (Lipinski definition) is 0. The number of nitriles is 1. The molecule has 0 N–H and O–H groups in total. The average Bonchev–Trinajstić information content (AvgIpc) is 3.24. The van der Waals surface area contributed by atoms with E-state index in [2.05, 4.69) is 17.2 Å². The number of carbonyl (C=O) groups is 1. The van der Waals surface area contributed by atoms with Crippen molar-refractivity contribution < 1.29 is 4.79 Å². The molecular weight excluding hydrogens is 314 g/mol. The zero-order chi connectivity index (χ0) is 17.4. The quantitative estimate of drug-likeness (QED) is 0.724. The molecule has 1 saturated heterocycles. The molecule has 1 amide bonds. The Morgan fingerprint density at radius 3 is 2.84 bits per heavy atom. The first-order chi connectivity index (χ1) is 12.2. The number of hydrogen-bond acceptors (Lipinski definition) is 3. The van der Waals surface area contributed by atoms with Crippen LogP contribution < -0.4 is 0 Å². The molecule has 0 unspecified atom stereocenters. The maximum atomic E-state index is 12.9. The second-order valence-corrected chi connectivity index (χ2v) is 6.54. The number of aryl methyl sites for hydroxylation is 1. The van der Waals surface area contributed by atoms with Crippen LogP contribution in [0.1, 0.15) is 40.2 Å². The van der Waals surface area contributed by atoms with Gasteiger partial charge in [-0.25, -0.2) is 4.52 Å². The Bertz CT molecular complexity index is 969. The monoisotopic (exact) mass is 333 g/mol. The Kier molecular flexibility index (Phi) is 3.77. The molecule has 0 spiro atoms. The summed E-state index contributed by atoms with van der Waals surface area (Å²) < 4.78 is 3.65. The lowest BCUT2D eigenvalue weighted by molar-refractivity contribution is 0.0714. The first kappa shape index (κ1) is 15.5. The molecule has 3 aromatic rings. The van der Waals surface area contributed by atoms with E-state index < -0.39 is 0 Å². The van der Waals surface area contributed by atoms with Gasteiger partial charge in [0.05, 0.1) is 17.8 Å². The van der Waals surface area contributed by atoms with Crippen molar-refractivity contribution in [3.63, 3.8) is 0 Å². The number of nitrogens with zero attached hydrogens (tertiary/aromatic N) is 5. The number of fused-ring (bicyclic) bond motifs is 1. The number of likely N-dealkylation sites (tertiary alicyclic amines) is 1. The summed E-state index contributed by atoms with van der Waals surface area (Å²) in [6.07, 6.45) is 7.23. The van der Waals surface area contributed by atoms with Crippen molar-refractivity contribution in [2.75, 3.05) is 13.1 Å². The van der Waals surface area contributed by atoms with Crippen LogP contribution in [0, 0.1) is 11.3 Å². The van der Waals surface area contributed by atoms with Gasteiger partial charge >= 0.3 is 0 Å². The number of amides is 1. The van der Waals surface area contributed by atoms with Crippen LogP contribution in [0.3, 0.4) is 0 Å². The van der Waals surface area contributed by atoms with Gasteiger partial charge in [-0.3, -0.25) is 4.79 Å². The smallest absolute Gasteiger partial charge is 0.259 e. The molecule has 6 heteroatoms. The zero-order valence-electron chi connectivity index (χ0n) is 14.1. The van der Waals surface area contributed by atoms with Gasteiger partial charge < -0.3 is 9.47 Å². The maximum absolute atomic E-state index is 12.9. The van der Waals surface area contributed by atoms with E-state index in [-0.39, 0.29) is 5.91 Å². The maximum Gasteiger partial charge on any atom is 0.259 e. The summed E-state index contributed by atoms with van der Waals surface area (Å²) in [5.41, 5.74) is 3.37. The summed E-state index contributed by atoms with van der Waals surface area (Å²) in [5.74, 6) is 0.445. The van der Waals surface area contributed by atoms with E-state index in [1.165, 1.54) is 5.56 Å². The lowest BCUT2D eigenvalue weighted by Crippen LogP contribution is -2.38. The van der Waals surface area contributed by atoms with Crippen LogP contribution in [0.4, 0.5) is 0 Å². The molecule has 126 valence electrons. The predicted octanol–water partition coefficient (Wildman–Crippen LogP) is 2.56. The molecule has 0 saturated carbocycles. The van der Waals surface area contributed by atoms with Gasteiger partial charge in [0, 0.05) is 32.5 Å². The molecule has 25 heavy (non-hydrogen) atoms. The summed E-state index contributed by atoms with van der Waals surface area (Å²) in [5, 5.41) is 13.3. The van der Waals surface area contributed by atoms with Crippen molar-refractivity contribution in [1.29, 1.82) is 5.26 Å². The molecule has 1 aliphatic heterocycles. The highest BCUT2D eigenvalue weighted by Crippen LogP contribution is 2.29. The van der Waals surface area contributed by atoms with Crippen LogP contribution in [0.25, 0.3) is 5.65 Å². The fourth-order valence-electron chi connectivity index (χ4n) is 3.65. The molecule has 2 aromatic heterocycles. The lowest BCUT2D eigenvalue weighted by atomic mass is 9.88. The van der Waals surface area contributed by atoms with Crippen LogP contribution in [0.5, 0.6) is 0 Å². The minimum Gasteiger partial charge on any atom is -0.338 e. The van der Waals surface area contributed by atoms with E-state index in [1.807, 2.05) is 47.1 Å². The summed E-state index contributed by atoms with van der Waals surface area (Å²) >= 11 is 0. The zero-order valence-corrected chi connectivity index (χ0v) is 14.1. The molecule has 1 aliphatic rings. The second kappa shape index (κ2) is 6.10. The summed E-state index contributed by atoms with van der Waals surface area (Å²) in [7, 11) is 1.92. The number of imidazole rings is 1. The average molecular weight is 333 g/mol. The highest BCUT2D eigenvalue weighted by atomic mass is 16.2. The molecule has 3 heterocycles. The van der Waals surface area contributed by atoms with Gasteiger partial charge in [-0.1, -0.05) is 12.1 Å². The number of carbonyl (C=O) groups excluding carboxylic acids is 1. The van der Waals surface area contributed by atoms with Crippen LogP contribution in [0.2, 0.25) is 0 Å². The van der Waals surface area contributed by atoms with E-state index in [9.17, 15) is 4.79 Å². The fourth-order valence-corrected chi connectivity index (χ4v) is 3.65. The van der Waals surface area contributed by atoms with Gasteiger partial charge in [0.25, 0.3) is 5.91 Å². The third-order valence-electron chi connectivity index (χ3n) is 5.03. The number of rotatable bonds is 2. The Hall–Kier alpha value is -3.07. The fraction of sp³-hybridized carbons (Fsp3) is 0.316. The Morgan fingerprint density at radius 1 is 1.28 bits per heavy atom. The first-order valence-electron chi connectivity index (χ1n) is 8.45. The molecule has 0 radical (unpaired) electrons. The van der Waals surface area contributed by atoms with Crippen molar-refractivity contribution >= 4 is 11.6 Å². The second-order valence-electron chi connectivity index (χ2n) is 6.54. The molecule has 0 aliphatic carbocycles. The van der Waals surface area contributed by atoms with Crippen molar-refractivity contribution in [1.82, 2.24) is 19.1 Å². The highest BCUT2D eigenvalue weighted by Gasteiger charge is 2.27. The topological polar surface area (TPSA) is 66.3 Å². The van der Waals surface area contributed by atoms with Gasteiger partial charge in [0.2, 0.25) is 0 Å². The van der Waals surface area contributed by atoms with Gasteiger partial charge in [-0.2, -0.15) is 10.4 Å². The first-order valence-corrected chi connectivity index (χ1v) is 8.45. The third kappa shape index (κ3) is 2.68.